The summed E-state index contributed by atoms with van der Waals surface area (Å²) < 4.78 is 11.4. The van der Waals surface area contributed by atoms with Crippen molar-refractivity contribution in [3.8, 4) is 5.75 Å². The van der Waals surface area contributed by atoms with Crippen molar-refractivity contribution in [3.63, 3.8) is 0 Å². The van der Waals surface area contributed by atoms with Crippen LogP contribution in [0.3, 0.4) is 0 Å². The van der Waals surface area contributed by atoms with E-state index in [4.69, 9.17) is 20.8 Å². The zero-order chi connectivity index (χ0) is 14.8. The maximum Gasteiger partial charge on any atom is 0.288 e. The van der Waals surface area contributed by atoms with E-state index in [1.165, 1.54) is 0 Å². The van der Waals surface area contributed by atoms with Crippen molar-refractivity contribution in [2.45, 2.75) is 13.5 Å². The molecule has 0 fully saturated rings. The molecular weight excluding hydrogens is 288 g/mol. The first-order valence-corrected chi connectivity index (χ1v) is 6.93. The second-order valence-corrected chi connectivity index (χ2v) is 5.08. The smallest absolute Gasteiger partial charge is 0.288 e. The van der Waals surface area contributed by atoms with Crippen LogP contribution in [0.15, 0.2) is 52.9 Å². The molecule has 2 aromatic carbocycles. The van der Waals surface area contributed by atoms with E-state index < -0.39 is 5.24 Å². The van der Waals surface area contributed by atoms with Crippen molar-refractivity contribution in [1.29, 1.82) is 0 Å². The fourth-order valence-electron chi connectivity index (χ4n) is 2.31. The highest BCUT2D eigenvalue weighted by atomic mass is 35.5. The average molecular weight is 301 g/mol. The molecule has 0 aliphatic carbocycles. The lowest BCUT2D eigenvalue weighted by Crippen LogP contribution is -1.95. The highest BCUT2D eigenvalue weighted by molar-refractivity contribution is 6.67. The van der Waals surface area contributed by atoms with Crippen LogP contribution < -0.4 is 4.74 Å². The molecule has 0 saturated carbocycles. The number of carbonyl (C=O) groups excluding carboxylic acids is 1. The minimum Gasteiger partial charge on any atom is -0.488 e. The summed E-state index contributed by atoms with van der Waals surface area (Å²) in [6.07, 6.45) is 0. The molecule has 0 atom stereocenters. The van der Waals surface area contributed by atoms with Gasteiger partial charge in [0, 0.05) is 5.56 Å². The Labute approximate surface area is 127 Å². The summed E-state index contributed by atoms with van der Waals surface area (Å²) in [5.41, 5.74) is 2.38. The average Bonchev–Trinajstić information content (AvgIpc) is 2.84. The van der Waals surface area contributed by atoms with Crippen LogP contribution in [0.1, 0.15) is 21.7 Å². The van der Waals surface area contributed by atoms with Crippen LogP contribution in [0.25, 0.3) is 11.0 Å². The SMILES string of the molecule is Cc1c(C(=O)Cl)oc2cccc(OCc3ccccc3)c12. The number of hydrogen-bond donors (Lipinski definition) is 0. The van der Waals surface area contributed by atoms with Gasteiger partial charge in [-0.15, -0.1) is 0 Å². The lowest BCUT2D eigenvalue weighted by Gasteiger charge is -2.07. The molecule has 0 unspecified atom stereocenters. The summed E-state index contributed by atoms with van der Waals surface area (Å²) in [6, 6.07) is 15.4. The molecular formula is C17H13ClO3. The van der Waals surface area contributed by atoms with E-state index >= 15 is 0 Å². The van der Waals surface area contributed by atoms with Crippen molar-refractivity contribution in [2.75, 3.05) is 0 Å². The summed E-state index contributed by atoms with van der Waals surface area (Å²) in [4.78, 5) is 11.4. The number of fused-ring (bicyclic) bond motifs is 1. The molecule has 0 spiro atoms. The van der Waals surface area contributed by atoms with Gasteiger partial charge >= 0.3 is 0 Å². The van der Waals surface area contributed by atoms with Gasteiger partial charge in [0.1, 0.15) is 17.9 Å². The molecule has 21 heavy (non-hydrogen) atoms. The Kier molecular flexibility index (Phi) is 3.67. The van der Waals surface area contributed by atoms with E-state index in [0.717, 1.165) is 10.9 Å². The molecule has 3 rings (SSSR count). The topological polar surface area (TPSA) is 39.4 Å². The molecule has 1 heterocycles. The minimum absolute atomic E-state index is 0.169. The Morgan fingerprint density at radius 1 is 1.14 bits per heavy atom. The number of halogens is 1. The largest absolute Gasteiger partial charge is 0.488 e. The van der Waals surface area contributed by atoms with Gasteiger partial charge in [-0.05, 0) is 36.2 Å². The molecule has 3 nitrogen and oxygen atoms in total. The van der Waals surface area contributed by atoms with Crippen LogP contribution in [-0.2, 0) is 6.61 Å². The first kappa shape index (κ1) is 13.7. The lowest BCUT2D eigenvalue weighted by molar-refractivity contribution is 0.105. The van der Waals surface area contributed by atoms with E-state index in [2.05, 4.69) is 0 Å². The van der Waals surface area contributed by atoms with E-state index in [1.807, 2.05) is 42.5 Å². The highest BCUT2D eigenvalue weighted by Gasteiger charge is 2.18. The molecule has 0 aliphatic heterocycles. The van der Waals surface area contributed by atoms with Gasteiger partial charge in [-0.25, -0.2) is 0 Å². The lowest BCUT2D eigenvalue weighted by atomic mass is 10.1. The van der Waals surface area contributed by atoms with Gasteiger partial charge in [-0.3, -0.25) is 4.79 Å². The highest BCUT2D eigenvalue weighted by Crippen LogP contribution is 2.34. The molecule has 0 radical (unpaired) electrons. The summed E-state index contributed by atoms with van der Waals surface area (Å²) in [6.45, 7) is 2.26. The molecule has 0 bridgehead atoms. The van der Waals surface area contributed by atoms with Crippen LogP contribution >= 0.6 is 11.6 Å². The number of hydrogen-bond acceptors (Lipinski definition) is 3. The normalized spacial score (nSPS) is 10.8. The Bertz CT molecular complexity index is 790. The molecule has 0 N–H and O–H groups in total. The predicted molar refractivity (Wildman–Crippen MR) is 81.9 cm³/mol. The number of rotatable bonds is 4. The monoisotopic (exact) mass is 300 g/mol. The summed E-state index contributed by atoms with van der Waals surface area (Å²) in [7, 11) is 0. The Morgan fingerprint density at radius 2 is 1.90 bits per heavy atom. The van der Waals surface area contributed by atoms with Gasteiger partial charge in [0.2, 0.25) is 0 Å². The molecule has 0 amide bonds. The summed E-state index contributed by atoms with van der Waals surface area (Å²) in [5, 5.41) is 0.190. The van der Waals surface area contributed by atoms with Gasteiger partial charge in [0.15, 0.2) is 5.76 Å². The van der Waals surface area contributed by atoms with Gasteiger partial charge < -0.3 is 9.15 Å². The molecule has 1 aromatic heterocycles. The number of ether oxygens (including phenoxy) is 1. The number of carbonyl (C=O) groups is 1. The fraction of sp³-hybridized carbons (Fsp3) is 0.118. The summed E-state index contributed by atoms with van der Waals surface area (Å²) >= 11 is 5.53. The third-order valence-corrected chi connectivity index (χ3v) is 3.50. The van der Waals surface area contributed by atoms with Crippen LogP contribution in [0.5, 0.6) is 5.75 Å². The van der Waals surface area contributed by atoms with Gasteiger partial charge in [-0.1, -0.05) is 36.4 Å². The Hall–Kier alpha value is -2.26. The second kappa shape index (κ2) is 5.62. The van der Waals surface area contributed by atoms with E-state index in [-0.39, 0.29) is 5.76 Å². The molecule has 0 aliphatic rings. The van der Waals surface area contributed by atoms with Gasteiger partial charge in [0.05, 0.1) is 5.39 Å². The van der Waals surface area contributed by atoms with Crippen molar-refractivity contribution in [3.05, 3.63) is 65.4 Å². The molecule has 4 heteroatoms. The van der Waals surface area contributed by atoms with Gasteiger partial charge in [-0.2, -0.15) is 0 Å². The maximum absolute atomic E-state index is 11.4. The molecule has 3 aromatic rings. The quantitative estimate of drug-likeness (QED) is 0.656. The van der Waals surface area contributed by atoms with E-state index in [9.17, 15) is 4.79 Å². The van der Waals surface area contributed by atoms with E-state index in [1.54, 1.807) is 13.0 Å². The molecule has 106 valence electrons. The standard InChI is InChI=1S/C17H13ClO3/c1-11-15-13(20-10-12-6-3-2-4-7-12)8-5-9-14(15)21-16(11)17(18)19/h2-9H,10H2,1H3. The second-order valence-electron chi connectivity index (χ2n) is 4.73. The number of furan rings is 1. The minimum atomic E-state index is -0.599. The fourth-order valence-corrected chi connectivity index (χ4v) is 2.49. The molecule has 0 saturated heterocycles. The van der Waals surface area contributed by atoms with Crippen molar-refractivity contribution in [2.24, 2.45) is 0 Å². The van der Waals surface area contributed by atoms with E-state index in [0.29, 0.717) is 23.5 Å². The van der Waals surface area contributed by atoms with Crippen LogP contribution in [0.2, 0.25) is 0 Å². The first-order valence-electron chi connectivity index (χ1n) is 6.55. The van der Waals surface area contributed by atoms with Crippen LogP contribution in [0, 0.1) is 6.92 Å². The van der Waals surface area contributed by atoms with Crippen LogP contribution in [0.4, 0.5) is 0 Å². The number of aryl methyl sites for hydroxylation is 1. The Balaban J connectivity index is 1.97. The third-order valence-electron chi connectivity index (χ3n) is 3.33. The zero-order valence-corrected chi connectivity index (χ0v) is 12.2. The first-order chi connectivity index (χ1) is 10.2. The predicted octanol–water partition coefficient (Wildman–Crippen LogP) is 4.70. The maximum atomic E-state index is 11.4. The number of benzene rings is 2. The Morgan fingerprint density at radius 3 is 2.62 bits per heavy atom. The van der Waals surface area contributed by atoms with Crippen molar-refractivity contribution >= 4 is 27.8 Å². The third kappa shape index (κ3) is 2.65. The van der Waals surface area contributed by atoms with Crippen molar-refractivity contribution in [1.82, 2.24) is 0 Å². The van der Waals surface area contributed by atoms with Crippen LogP contribution in [-0.4, -0.2) is 5.24 Å². The van der Waals surface area contributed by atoms with Crippen molar-refractivity contribution < 1.29 is 13.9 Å². The van der Waals surface area contributed by atoms with Gasteiger partial charge in [0.25, 0.3) is 5.24 Å². The zero-order valence-electron chi connectivity index (χ0n) is 11.4. The summed E-state index contributed by atoms with van der Waals surface area (Å²) in [5.74, 6) is 0.851.